The van der Waals surface area contributed by atoms with Crippen LogP contribution in [0.3, 0.4) is 0 Å². The molecule has 2 aromatic carbocycles. The maximum absolute atomic E-state index is 15.1. The van der Waals surface area contributed by atoms with Crippen molar-refractivity contribution in [1.29, 1.82) is 0 Å². The molecule has 4 aliphatic rings. The van der Waals surface area contributed by atoms with Crippen molar-refractivity contribution in [2.45, 2.75) is 57.5 Å². The van der Waals surface area contributed by atoms with E-state index in [1.54, 1.807) is 24.3 Å². The Bertz CT molecular complexity index is 2320. The summed E-state index contributed by atoms with van der Waals surface area (Å²) < 4.78 is 47.3. The number of nitrogens with one attached hydrogen (secondary N) is 3. The number of imide groups is 2. The van der Waals surface area contributed by atoms with Crippen LogP contribution in [0.25, 0.3) is 11.3 Å². The molecule has 0 spiro atoms. The van der Waals surface area contributed by atoms with Gasteiger partial charge in [-0.2, -0.15) is 0 Å². The number of hydrogen-bond donors (Lipinski definition) is 3. The summed E-state index contributed by atoms with van der Waals surface area (Å²) in [6.07, 6.45) is 5.02. The number of pyridine rings is 1. The van der Waals surface area contributed by atoms with Gasteiger partial charge in [0.1, 0.15) is 24.2 Å². The minimum absolute atomic E-state index is 0.0261. The van der Waals surface area contributed by atoms with Crippen molar-refractivity contribution in [3.8, 4) is 17.0 Å². The highest BCUT2D eigenvalue weighted by Crippen LogP contribution is 2.40. The zero-order valence-corrected chi connectivity index (χ0v) is 34.6. The molecule has 62 heavy (non-hydrogen) atoms. The predicted molar refractivity (Wildman–Crippen MR) is 225 cm³/mol. The van der Waals surface area contributed by atoms with Crippen LogP contribution < -0.4 is 25.6 Å². The highest BCUT2D eigenvalue weighted by Gasteiger charge is 2.45. The summed E-state index contributed by atoms with van der Waals surface area (Å²) in [5.41, 5.74) is 2.86. The van der Waals surface area contributed by atoms with Crippen LogP contribution in [0.2, 0.25) is 0 Å². The fourth-order valence-electron chi connectivity index (χ4n) is 8.37. The van der Waals surface area contributed by atoms with E-state index < -0.39 is 41.3 Å². The molecule has 18 heteroatoms. The largest absolute Gasteiger partial charge is 0.486 e. The molecule has 4 amide bonds. The number of ether oxygens (including phenoxy) is 3. The molecule has 8 rings (SSSR count). The van der Waals surface area contributed by atoms with Crippen LogP contribution in [-0.2, 0) is 19.1 Å². The Balaban J connectivity index is 0.729. The Hall–Kier alpha value is -6.11. The quantitative estimate of drug-likeness (QED) is 0.102. The highest BCUT2D eigenvalue weighted by molar-refractivity contribution is 6.25. The molecule has 2 fully saturated rings. The average molecular weight is 854 g/mol. The lowest BCUT2D eigenvalue weighted by Crippen LogP contribution is -2.54. The molecule has 2 aromatic heterocycles. The van der Waals surface area contributed by atoms with Gasteiger partial charge in [-0.05, 0) is 88.0 Å². The fourth-order valence-corrected chi connectivity index (χ4v) is 8.37. The van der Waals surface area contributed by atoms with Gasteiger partial charge in [0, 0.05) is 43.0 Å². The van der Waals surface area contributed by atoms with E-state index in [1.807, 2.05) is 37.1 Å². The van der Waals surface area contributed by atoms with E-state index in [0.717, 1.165) is 49.1 Å². The van der Waals surface area contributed by atoms with Crippen molar-refractivity contribution < 1.29 is 42.2 Å². The molecular formula is C44H49F2N9O7. The molecule has 0 radical (unpaired) electrons. The van der Waals surface area contributed by atoms with Crippen molar-refractivity contribution >= 4 is 46.8 Å². The maximum Gasteiger partial charge on any atom is 0.264 e. The first-order valence-corrected chi connectivity index (χ1v) is 21.0. The van der Waals surface area contributed by atoms with Crippen molar-refractivity contribution in [2.75, 3.05) is 81.3 Å². The summed E-state index contributed by atoms with van der Waals surface area (Å²) in [6, 6.07) is 10.8. The Morgan fingerprint density at radius 3 is 2.47 bits per heavy atom. The van der Waals surface area contributed by atoms with Gasteiger partial charge in [-0.25, -0.2) is 23.7 Å². The van der Waals surface area contributed by atoms with Crippen LogP contribution in [0.1, 0.15) is 71.7 Å². The Kier molecular flexibility index (Phi) is 13.0. The van der Waals surface area contributed by atoms with Crippen LogP contribution >= 0.6 is 0 Å². The van der Waals surface area contributed by atoms with E-state index in [2.05, 4.69) is 35.8 Å². The van der Waals surface area contributed by atoms with Gasteiger partial charge < -0.3 is 34.6 Å². The lowest BCUT2D eigenvalue weighted by molar-refractivity contribution is -0.136. The van der Waals surface area contributed by atoms with Crippen molar-refractivity contribution in [1.82, 2.24) is 30.1 Å². The molecular weight excluding hydrogens is 805 g/mol. The van der Waals surface area contributed by atoms with Gasteiger partial charge in [0.25, 0.3) is 11.8 Å². The standard InChI is InChI=1S/C44H49F2N9O7/c1-26(2)54-16-19-62-40-31(45)22-29(23-35(40)54)39-32(46)25-49-44(52-39)50-36-8-6-28(24-48-36)27-10-13-53(14-11-27)15-18-61-21-20-60-17-12-47-33-5-3-4-30-38(33)43(59)55(42(30)58)34-7-9-37(56)51-41(34)57/h3-6,8,22-27,34,47H,7,9-21H2,1-2H3,(H,51,56,57)(H,48,49,50,52). The molecule has 2 saturated heterocycles. The molecule has 6 heterocycles. The highest BCUT2D eigenvalue weighted by atomic mass is 19.1. The average Bonchev–Trinajstić information content (AvgIpc) is 3.52. The van der Waals surface area contributed by atoms with Gasteiger partial charge in [-0.15, -0.1) is 0 Å². The molecule has 4 aliphatic heterocycles. The summed E-state index contributed by atoms with van der Waals surface area (Å²) in [5.74, 6) is -2.25. The monoisotopic (exact) mass is 853 g/mol. The van der Waals surface area contributed by atoms with Gasteiger partial charge in [0.2, 0.25) is 17.8 Å². The first kappa shape index (κ1) is 42.6. The summed E-state index contributed by atoms with van der Waals surface area (Å²) in [4.78, 5) is 68.7. The third-order valence-corrected chi connectivity index (χ3v) is 11.6. The Morgan fingerprint density at radius 2 is 1.71 bits per heavy atom. The molecule has 0 saturated carbocycles. The zero-order chi connectivity index (χ0) is 43.3. The van der Waals surface area contributed by atoms with Gasteiger partial charge in [0.05, 0.1) is 56.0 Å². The SMILES string of the molecule is CC(C)N1CCOc2c(F)cc(-c3nc(Nc4ccc(C5CCN(CCOCCOCCNc6cccc7c6C(=O)N(C6CCC(=O)NC6=O)C7=O)CC5)cn4)ncc3F)cc21. The number of amides is 4. The van der Waals surface area contributed by atoms with E-state index in [0.29, 0.717) is 69.2 Å². The zero-order valence-electron chi connectivity index (χ0n) is 34.6. The number of benzene rings is 2. The molecule has 0 aliphatic carbocycles. The number of piperidine rings is 2. The number of carbonyl (C=O) groups excluding carboxylic acids is 4. The van der Waals surface area contributed by atoms with Crippen LogP contribution in [0.5, 0.6) is 5.75 Å². The second kappa shape index (κ2) is 18.9. The maximum atomic E-state index is 15.1. The number of aromatic nitrogens is 3. The minimum Gasteiger partial charge on any atom is -0.486 e. The number of rotatable bonds is 16. The normalized spacial score (nSPS) is 18.2. The number of nitrogens with zero attached hydrogens (tertiary/aromatic N) is 6. The van der Waals surface area contributed by atoms with Crippen LogP contribution in [0, 0.1) is 11.6 Å². The smallest absolute Gasteiger partial charge is 0.264 e. The topological polar surface area (TPSA) is 180 Å². The number of halogens is 2. The minimum atomic E-state index is -1.02. The summed E-state index contributed by atoms with van der Waals surface area (Å²) in [5, 5.41) is 8.43. The molecule has 16 nitrogen and oxygen atoms in total. The van der Waals surface area contributed by atoms with Crippen LogP contribution in [-0.4, -0.2) is 126 Å². The van der Waals surface area contributed by atoms with Crippen molar-refractivity contribution in [3.63, 3.8) is 0 Å². The van der Waals surface area contributed by atoms with Gasteiger partial charge in [0.15, 0.2) is 17.4 Å². The second-order valence-electron chi connectivity index (χ2n) is 15.9. The number of likely N-dealkylation sites (tertiary alicyclic amines) is 1. The summed E-state index contributed by atoms with van der Waals surface area (Å²) >= 11 is 0. The van der Waals surface area contributed by atoms with Crippen LogP contribution in [0.4, 0.5) is 31.9 Å². The molecule has 3 N–H and O–H groups in total. The Labute approximate surface area is 357 Å². The lowest BCUT2D eigenvalue weighted by atomic mass is 9.90. The molecule has 1 atom stereocenters. The molecule has 0 bridgehead atoms. The van der Waals surface area contributed by atoms with Crippen molar-refractivity contribution in [2.24, 2.45) is 0 Å². The predicted octanol–water partition coefficient (Wildman–Crippen LogP) is 4.89. The van der Waals surface area contributed by atoms with Gasteiger partial charge >= 0.3 is 0 Å². The third-order valence-electron chi connectivity index (χ3n) is 11.6. The van der Waals surface area contributed by atoms with E-state index >= 15 is 8.78 Å². The first-order valence-electron chi connectivity index (χ1n) is 21.0. The van der Waals surface area contributed by atoms with E-state index in [-0.39, 0.29) is 53.0 Å². The molecule has 4 aromatic rings. The van der Waals surface area contributed by atoms with E-state index in [9.17, 15) is 19.2 Å². The van der Waals surface area contributed by atoms with Gasteiger partial charge in [-0.3, -0.25) is 29.4 Å². The first-order chi connectivity index (χ1) is 30.0. The summed E-state index contributed by atoms with van der Waals surface area (Å²) in [7, 11) is 0. The molecule has 1 unspecified atom stereocenters. The van der Waals surface area contributed by atoms with Crippen LogP contribution in [0.15, 0.2) is 54.9 Å². The fraction of sp³-hybridized carbons (Fsp3) is 0.432. The third kappa shape index (κ3) is 9.22. The summed E-state index contributed by atoms with van der Waals surface area (Å²) in [6.45, 7) is 9.78. The molecule has 326 valence electrons. The Morgan fingerprint density at radius 1 is 0.903 bits per heavy atom. The lowest BCUT2D eigenvalue weighted by Gasteiger charge is -2.34. The van der Waals surface area contributed by atoms with Gasteiger partial charge in [-0.1, -0.05) is 12.1 Å². The van der Waals surface area contributed by atoms with E-state index in [4.69, 9.17) is 14.2 Å². The van der Waals surface area contributed by atoms with Crippen molar-refractivity contribution in [3.05, 3.63) is 83.2 Å². The second-order valence-corrected chi connectivity index (χ2v) is 15.9. The number of carbonyl (C=O) groups is 4. The number of hydrogen-bond acceptors (Lipinski definition) is 14. The number of anilines is 4. The number of fused-ring (bicyclic) bond motifs is 2. The van der Waals surface area contributed by atoms with E-state index in [1.165, 1.54) is 6.07 Å².